The van der Waals surface area contributed by atoms with Crippen LogP contribution in [0.2, 0.25) is 0 Å². The van der Waals surface area contributed by atoms with E-state index in [0.717, 1.165) is 47.1 Å². The Morgan fingerprint density at radius 1 is 1.00 bits per heavy atom. The first-order valence-corrected chi connectivity index (χ1v) is 7.46. The molecule has 0 radical (unpaired) electrons. The molecule has 0 spiro atoms. The SMILES string of the molecule is FC(F)(F)c1ncn(-c2cc3c(nn2)-c2ccccc2CCC3)n1. The highest BCUT2D eigenvalue weighted by Gasteiger charge is 2.36. The van der Waals surface area contributed by atoms with E-state index in [2.05, 4.69) is 26.3 Å². The predicted molar refractivity (Wildman–Crippen MR) is 79.4 cm³/mol. The molecule has 5 nitrogen and oxygen atoms in total. The van der Waals surface area contributed by atoms with E-state index in [1.165, 1.54) is 5.56 Å². The van der Waals surface area contributed by atoms with Gasteiger partial charge < -0.3 is 0 Å². The minimum Gasteiger partial charge on any atom is -0.211 e. The lowest BCUT2D eigenvalue weighted by atomic mass is 10.0. The smallest absolute Gasteiger partial charge is 0.211 e. The highest BCUT2D eigenvalue weighted by molar-refractivity contribution is 5.68. The van der Waals surface area contributed by atoms with Gasteiger partial charge in [0.2, 0.25) is 0 Å². The fourth-order valence-corrected chi connectivity index (χ4v) is 2.89. The number of rotatable bonds is 1. The molecule has 0 N–H and O–H groups in total. The zero-order chi connectivity index (χ0) is 16.7. The molecule has 0 saturated carbocycles. The highest BCUT2D eigenvalue weighted by Crippen LogP contribution is 2.31. The van der Waals surface area contributed by atoms with E-state index < -0.39 is 12.0 Å². The maximum atomic E-state index is 12.6. The van der Waals surface area contributed by atoms with Crippen LogP contribution in [0.4, 0.5) is 13.2 Å². The molecule has 0 unspecified atom stereocenters. The summed E-state index contributed by atoms with van der Waals surface area (Å²) in [5.41, 5.74) is 3.97. The molecule has 122 valence electrons. The summed E-state index contributed by atoms with van der Waals surface area (Å²) in [5, 5.41) is 11.7. The molecule has 1 aliphatic carbocycles. The molecular formula is C16H12F3N5. The molecule has 0 bridgehead atoms. The number of nitrogens with zero attached hydrogens (tertiary/aromatic N) is 5. The van der Waals surface area contributed by atoms with Gasteiger partial charge in [0, 0.05) is 5.56 Å². The van der Waals surface area contributed by atoms with Crippen LogP contribution in [0, 0.1) is 0 Å². The van der Waals surface area contributed by atoms with Gasteiger partial charge in [-0.2, -0.15) is 13.2 Å². The number of hydrogen-bond donors (Lipinski definition) is 0. The van der Waals surface area contributed by atoms with E-state index in [0.29, 0.717) is 0 Å². The van der Waals surface area contributed by atoms with Gasteiger partial charge in [0.1, 0.15) is 6.33 Å². The van der Waals surface area contributed by atoms with Crippen molar-refractivity contribution in [1.29, 1.82) is 0 Å². The molecule has 2 heterocycles. The third kappa shape index (κ3) is 2.53. The van der Waals surface area contributed by atoms with Crippen LogP contribution in [0.5, 0.6) is 0 Å². The Balaban J connectivity index is 1.77. The quantitative estimate of drug-likeness (QED) is 0.687. The molecule has 0 amide bonds. The van der Waals surface area contributed by atoms with E-state index in [4.69, 9.17) is 0 Å². The lowest BCUT2D eigenvalue weighted by Gasteiger charge is -2.08. The van der Waals surface area contributed by atoms with E-state index in [9.17, 15) is 13.2 Å². The van der Waals surface area contributed by atoms with Gasteiger partial charge in [-0.25, -0.2) is 9.67 Å². The standard InChI is InChI=1S/C16H12F3N5/c17-16(18,19)15-20-9-24(23-15)13-8-11-6-3-5-10-4-1-2-7-12(10)14(11)22-21-13/h1-2,4,7-9H,3,5-6H2. The zero-order valence-electron chi connectivity index (χ0n) is 12.5. The predicted octanol–water partition coefficient (Wildman–Crippen LogP) is 3.23. The first-order chi connectivity index (χ1) is 11.5. The molecule has 1 aromatic carbocycles. The van der Waals surface area contributed by atoms with Gasteiger partial charge in [-0.1, -0.05) is 24.3 Å². The van der Waals surface area contributed by atoms with Crippen molar-refractivity contribution in [1.82, 2.24) is 25.0 Å². The molecule has 2 aromatic heterocycles. The Hall–Kier alpha value is -2.77. The summed E-state index contributed by atoms with van der Waals surface area (Å²) in [5.74, 6) is -0.958. The minimum atomic E-state index is -4.58. The van der Waals surface area contributed by atoms with Gasteiger partial charge in [0.25, 0.3) is 5.82 Å². The van der Waals surface area contributed by atoms with Crippen LogP contribution in [0.1, 0.15) is 23.4 Å². The van der Waals surface area contributed by atoms with E-state index in [1.54, 1.807) is 6.07 Å². The number of benzene rings is 1. The number of aromatic nitrogens is 5. The third-order valence-corrected chi connectivity index (χ3v) is 4.00. The molecular weight excluding hydrogens is 319 g/mol. The third-order valence-electron chi connectivity index (χ3n) is 4.00. The van der Waals surface area contributed by atoms with Gasteiger partial charge in [0.15, 0.2) is 5.82 Å². The summed E-state index contributed by atoms with van der Waals surface area (Å²) in [6.07, 6.45) is -0.912. The van der Waals surface area contributed by atoms with Crippen molar-refractivity contribution < 1.29 is 13.2 Å². The first kappa shape index (κ1) is 14.8. The summed E-state index contributed by atoms with van der Waals surface area (Å²) in [6.45, 7) is 0. The summed E-state index contributed by atoms with van der Waals surface area (Å²) in [6, 6.07) is 9.72. The van der Waals surface area contributed by atoms with Crippen molar-refractivity contribution in [3.05, 3.63) is 53.6 Å². The van der Waals surface area contributed by atoms with Crippen molar-refractivity contribution in [2.24, 2.45) is 0 Å². The fraction of sp³-hybridized carbons (Fsp3) is 0.250. The van der Waals surface area contributed by atoms with Crippen LogP contribution >= 0.6 is 0 Å². The van der Waals surface area contributed by atoms with Crippen LogP contribution in [0.15, 0.2) is 36.7 Å². The normalized spacial score (nSPS) is 14.0. The molecule has 8 heteroatoms. The molecule has 0 fully saturated rings. The summed E-state index contributed by atoms with van der Waals surface area (Å²) < 4.78 is 38.9. The van der Waals surface area contributed by atoms with Gasteiger partial charge in [0.05, 0.1) is 5.69 Å². The largest absolute Gasteiger partial charge is 0.453 e. The number of hydrogen-bond acceptors (Lipinski definition) is 4. The Morgan fingerprint density at radius 2 is 1.79 bits per heavy atom. The van der Waals surface area contributed by atoms with Crippen LogP contribution in [-0.4, -0.2) is 25.0 Å². The topological polar surface area (TPSA) is 56.5 Å². The second-order valence-electron chi connectivity index (χ2n) is 5.60. The molecule has 0 atom stereocenters. The zero-order valence-corrected chi connectivity index (χ0v) is 12.5. The average Bonchev–Trinajstić information content (AvgIpc) is 2.99. The van der Waals surface area contributed by atoms with Gasteiger partial charge in [-0.05, 0) is 36.5 Å². The van der Waals surface area contributed by atoms with E-state index in [-0.39, 0.29) is 5.82 Å². The molecule has 24 heavy (non-hydrogen) atoms. The van der Waals surface area contributed by atoms with E-state index in [1.807, 2.05) is 18.2 Å². The van der Waals surface area contributed by atoms with Crippen LogP contribution < -0.4 is 0 Å². The fourth-order valence-electron chi connectivity index (χ4n) is 2.89. The maximum absolute atomic E-state index is 12.6. The van der Waals surface area contributed by atoms with Crippen LogP contribution in [-0.2, 0) is 19.0 Å². The summed E-state index contributed by atoms with van der Waals surface area (Å²) in [7, 11) is 0. The van der Waals surface area contributed by atoms with Crippen LogP contribution in [0.25, 0.3) is 17.1 Å². The highest BCUT2D eigenvalue weighted by atomic mass is 19.4. The number of alkyl halides is 3. The van der Waals surface area contributed by atoms with Crippen molar-refractivity contribution in [2.75, 3.05) is 0 Å². The molecule has 3 aromatic rings. The molecule has 0 aliphatic heterocycles. The Bertz CT molecular complexity index is 901. The minimum absolute atomic E-state index is 0.233. The van der Waals surface area contributed by atoms with Crippen molar-refractivity contribution in [3.8, 4) is 17.1 Å². The summed E-state index contributed by atoms with van der Waals surface area (Å²) in [4.78, 5) is 3.29. The Kier molecular flexibility index (Phi) is 3.33. The molecule has 1 aliphatic rings. The van der Waals surface area contributed by atoms with E-state index >= 15 is 0 Å². The lowest BCUT2D eigenvalue weighted by Crippen LogP contribution is -2.09. The number of fused-ring (bicyclic) bond motifs is 3. The van der Waals surface area contributed by atoms with Crippen LogP contribution in [0.3, 0.4) is 0 Å². The molecule has 4 rings (SSSR count). The average molecular weight is 331 g/mol. The number of aryl methyl sites for hydroxylation is 2. The second kappa shape index (κ2) is 5.40. The number of halogens is 3. The second-order valence-corrected chi connectivity index (χ2v) is 5.60. The monoisotopic (exact) mass is 331 g/mol. The maximum Gasteiger partial charge on any atom is 0.453 e. The van der Waals surface area contributed by atoms with Gasteiger partial charge in [-0.15, -0.1) is 15.3 Å². The van der Waals surface area contributed by atoms with Gasteiger partial charge >= 0.3 is 6.18 Å². The van der Waals surface area contributed by atoms with Gasteiger partial charge in [-0.3, -0.25) is 0 Å². The Labute approximate surface area is 135 Å². The lowest BCUT2D eigenvalue weighted by molar-refractivity contribution is -0.144. The van der Waals surface area contributed by atoms with Crippen molar-refractivity contribution in [2.45, 2.75) is 25.4 Å². The summed E-state index contributed by atoms with van der Waals surface area (Å²) >= 11 is 0. The van der Waals surface area contributed by atoms with Crippen molar-refractivity contribution in [3.63, 3.8) is 0 Å². The Morgan fingerprint density at radius 3 is 2.58 bits per heavy atom. The molecule has 0 saturated heterocycles. The first-order valence-electron chi connectivity index (χ1n) is 7.46. The van der Waals surface area contributed by atoms with Crippen molar-refractivity contribution >= 4 is 0 Å².